The second-order valence-corrected chi connectivity index (χ2v) is 6.88. The van der Waals surface area contributed by atoms with Gasteiger partial charge in [0.15, 0.2) is 5.60 Å². The maximum atomic E-state index is 11.3. The second kappa shape index (κ2) is 5.36. The fraction of sp³-hybridized carbons (Fsp3) is 0.923. The Kier molecular flexibility index (Phi) is 5.16. The van der Waals surface area contributed by atoms with Crippen LogP contribution in [0, 0.1) is 5.41 Å². The molecule has 0 radical (unpaired) electrons. The lowest BCUT2D eigenvalue weighted by atomic mass is 9.85. The van der Waals surface area contributed by atoms with E-state index in [4.69, 9.17) is 9.78 Å². The summed E-state index contributed by atoms with van der Waals surface area (Å²) >= 11 is 0. The van der Waals surface area contributed by atoms with E-state index in [0.717, 1.165) is 6.42 Å². The molecule has 0 spiro atoms. The third-order valence-electron chi connectivity index (χ3n) is 2.28. The molecule has 0 aromatic heterocycles. The first-order valence-electron chi connectivity index (χ1n) is 5.96. The summed E-state index contributed by atoms with van der Waals surface area (Å²) in [7, 11) is 0. The molecule has 4 heteroatoms. The van der Waals surface area contributed by atoms with Crippen molar-refractivity contribution in [2.24, 2.45) is 5.41 Å². The van der Waals surface area contributed by atoms with Gasteiger partial charge in [0.05, 0.1) is 5.60 Å². The van der Waals surface area contributed by atoms with Crippen LogP contribution in [-0.2, 0) is 14.6 Å². The van der Waals surface area contributed by atoms with Gasteiger partial charge in [-0.25, -0.2) is 14.6 Å². The van der Waals surface area contributed by atoms with Crippen LogP contribution in [0.3, 0.4) is 0 Å². The van der Waals surface area contributed by atoms with Crippen molar-refractivity contribution in [3.63, 3.8) is 0 Å². The molecule has 102 valence electrons. The molecule has 0 bridgehead atoms. The molecule has 0 amide bonds. The molecule has 0 aromatic rings. The van der Waals surface area contributed by atoms with Crippen molar-refractivity contribution in [3.05, 3.63) is 0 Å². The predicted molar refractivity (Wildman–Crippen MR) is 66.7 cm³/mol. The highest BCUT2D eigenvalue weighted by Gasteiger charge is 2.38. The summed E-state index contributed by atoms with van der Waals surface area (Å²) in [6, 6.07) is 0. The van der Waals surface area contributed by atoms with Crippen molar-refractivity contribution in [2.75, 3.05) is 0 Å². The van der Waals surface area contributed by atoms with E-state index in [2.05, 4.69) is 20.8 Å². The van der Waals surface area contributed by atoms with Crippen LogP contribution in [-0.4, -0.2) is 22.3 Å². The van der Waals surface area contributed by atoms with Crippen LogP contribution in [0.1, 0.15) is 61.3 Å². The molecule has 0 aliphatic carbocycles. The zero-order chi connectivity index (χ0) is 13.9. The van der Waals surface area contributed by atoms with E-state index >= 15 is 0 Å². The Balaban J connectivity index is 4.53. The van der Waals surface area contributed by atoms with Crippen molar-refractivity contribution in [1.82, 2.24) is 0 Å². The van der Waals surface area contributed by atoms with Gasteiger partial charge >= 0.3 is 5.97 Å². The molecule has 0 heterocycles. The van der Waals surface area contributed by atoms with Gasteiger partial charge in [0.1, 0.15) is 0 Å². The molecular formula is C13H26O4. The summed E-state index contributed by atoms with van der Waals surface area (Å²) in [4.78, 5) is 21.5. The Morgan fingerprint density at radius 1 is 0.941 bits per heavy atom. The van der Waals surface area contributed by atoms with Gasteiger partial charge in [-0.3, -0.25) is 0 Å². The van der Waals surface area contributed by atoms with Crippen LogP contribution in [0.2, 0.25) is 0 Å². The fourth-order valence-electron chi connectivity index (χ4n) is 1.01. The predicted octanol–water partition coefficient (Wildman–Crippen LogP) is 3.40. The summed E-state index contributed by atoms with van der Waals surface area (Å²) < 4.78 is 0. The Labute approximate surface area is 104 Å². The van der Waals surface area contributed by atoms with E-state index in [-0.39, 0.29) is 5.41 Å². The van der Waals surface area contributed by atoms with E-state index in [9.17, 15) is 9.90 Å². The maximum absolute atomic E-state index is 11.3. The molecule has 0 saturated carbocycles. The number of carboxylic acid groups (broad SMARTS) is 1. The smallest absolute Gasteiger partial charge is 0.339 e. The van der Waals surface area contributed by atoms with Crippen molar-refractivity contribution >= 4 is 5.97 Å². The molecule has 0 rings (SSSR count). The summed E-state index contributed by atoms with van der Waals surface area (Å²) in [5.74, 6) is -0.994. The SMILES string of the molecule is CC(C)(C)CCC(C)(OOC(C)(C)C)C(=O)O. The van der Waals surface area contributed by atoms with Gasteiger partial charge in [0.25, 0.3) is 0 Å². The molecule has 17 heavy (non-hydrogen) atoms. The summed E-state index contributed by atoms with van der Waals surface area (Å²) in [5, 5.41) is 9.22. The highest BCUT2D eigenvalue weighted by atomic mass is 17.2. The lowest BCUT2D eigenvalue weighted by molar-refractivity contribution is -0.394. The Morgan fingerprint density at radius 2 is 1.41 bits per heavy atom. The van der Waals surface area contributed by atoms with E-state index in [0.29, 0.717) is 6.42 Å². The zero-order valence-corrected chi connectivity index (χ0v) is 12.1. The van der Waals surface area contributed by atoms with Gasteiger partial charge < -0.3 is 5.11 Å². The minimum atomic E-state index is -1.29. The molecular weight excluding hydrogens is 220 g/mol. The topological polar surface area (TPSA) is 55.8 Å². The number of carboxylic acids is 1. The number of hydrogen-bond donors (Lipinski definition) is 1. The highest BCUT2D eigenvalue weighted by Crippen LogP contribution is 2.29. The molecule has 0 saturated heterocycles. The van der Waals surface area contributed by atoms with Gasteiger partial charge in [-0.05, 0) is 46.0 Å². The molecule has 1 atom stereocenters. The van der Waals surface area contributed by atoms with Gasteiger partial charge in [-0.2, -0.15) is 0 Å². The minimum absolute atomic E-state index is 0.0712. The third kappa shape index (κ3) is 7.34. The molecule has 1 N–H and O–H groups in total. The monoisotopic (exact) mass is 246 g/mol. The molecule has 0 aliphatic heterocycles. The Hall–Kier alpha value is -0.610. The molecule has 0 aromatic carbocycles. The van der Waals surface area contributed by atoms with Gasteiger partial charge in [0.2, 0.25) is 0 Å². The first-order valence-corrected chi connectivity index (χ1v) is 5.96. The largest absolute Gasteiger partial charge is 0.479 e. The van der Waals surface area contributed by atoms with E-state index in [1.54, 1.807) is 6.92 Å². The lowest BCUT2D eigenvalue weighted by Gasteiger charge is -2.30. The molecule has 1 unspecified atom stereocenters. The van der Waals surface area contributed by atoms with Crippen molar-refractivity contribution in [2.45, 2.75) is 72.5 Å². The summed E-state index contributed by atoms with van der Waals surface area (Å²) in [6.07, 6.45) is 1.17. The van der Waals surface area contributed by atoms with Crippen LogP contribution in [0.5, 0.6) is 0 Å². The quantitative estimate of drug-likeness (QED) is 0.596. The fourth-order valence-corrected chi connectivity index (χ4v) is 1.01. The first kappa shape index (κ1) is 16.4. The van der Waals surface area contributed by atoms with Crippen LogP contribution in [0.25, 0.3) is 0 Å². The molecule has 4 nitrogen and oxygen atoms in total. The Bertz CT molecular complexity index is 240. The summed E-state index contributed by atoms with van der Waals surface area (Å²) in [5.41, 5.74) is -1.74. The number of aliphatic carboxylic acids is 1. The maximum Gasteiger partial charge on any atom is 0.339 e. The molecule has 0 aliphatic rings. The standard InChI is InChI=1S/C13H26O4/c1-11(2,3)8-9-13(7,10(14)15)17-16-12(4,5)6/h8-9H2,1-7H3,(H,14,15). The van der Waals surface area contributed by atoms with Crippen molar-refractivity contribution in [3.8, 4) is 0 Å². The van der Waals surface area contributed by atoms with Gasteiger partial charge in [-0.1, -0.05) is 20.8 Å². The average molecular weight is 246 g/mol. The van der Waals surface area contributed by atoms with Crippen molar-refractivity contribution < 1.29 is 19.7 Å². The summed E-state index contributed by atoms with van der Waals surface area (Å²) in [6.45, 7) is 13.2. The normalized spacial score (nSPS) is 16.6. The lowest BCUT2D eigenvalue weighted by Crippen LogP contribution is -2.41. The molecule has 0 fully saturated rings. The van der Waals surface area contributed by atoms with Crippen molar-refractivity contribution in [1.29, 1.82) is 0 Å². The van der Waals surface area contributed by atoms with Crippen LogP contribution in [0.4, 0.5) is 0 Å². The minimum Gasteiger partial charge on any atom is -0.479 e. The van der Waals surface area contributed by atoms with Crippen LogP contribution >= 0.6 is 0 Å². The van der Waals surface area contributed by atoms with Crippen LogP contribution in [0.15, 0.2) is 0 Å². The Morgan fingerprint density at radius 3 is 1.71 bits per heavy atom. The van der Waals surface area contributed by atoms with E-state index < -0.39 is 17.2 Å². The first-order chi connectivity index (χ1) is 7.36. The number of rotatable bonds is 5. The number of carbonyl (C=O) groups is 1. The van der Waals surface area contributed by atoms with Gasteiger partial charge in [0, 0.05) is 0 Å². The van der Waals surface area contributed by atoms with Crippen LogP contribution < -0.4 is 0 Å². The van der Waals surface area contributed by atoms with E-state index in [1.807, 2.05) is 20.8 Å². The highest BCUT2D eigenvalue weighted by molar-refractivity contribution is 5.76. The second-order valence-electron chi connectivity index (χ2n) is 6.88. The number of hydrogen-bond acceptors (Lipinski definition) is 3. The third-order valence-corrected chi connectivity index (χ3v) is 2.28. The average Bonchev–Trinajstić information content (AvgIpc) is 2.09. The van der Waals surface area contributed by atoms with Gasteiger partial charge in [-0.15, -0.1) is 0 Å². The zero-order valence-electron chi connectivity index (χ0n) is 12.1. The van der Waals surface area contributed by atoms with E-state index in [1.165, 1.54) is 0 Å².